The van der Waals surface area contributed by atoms with Crippen molar-refractivity contribution in [2.24, 2.45) is 0 Å². The van der Waals surface area contributed by atoms with Crippen molar-refractivity contribution in [3.05, 3.63) is 78.5 Å². The first kappa shape index (κ1) is 33.2. The van der Waals surface area contributed by atoms with Crippen molar-refractivity contribution in [2.45, 2.75) is 59.7 Å². The monoisotopic (exact) mass is 603 g/mol. The van der Waals surface area contributed by atoms with Crippen LogP contribution in [0.4, 0.5) is 32.6 Å². The highest BCUT2D eigenvalue weighted by Gasteiger charge is 2.20. The predicted molar refractivity (Wildman–Crippen MR) is 174 cm³/mol. The molecule has 2 aromatic heterocycles. The maximum atomic E-state index is 12.0. The van der Waals surface area contributed by atoms with Gasteiger partial charge in [0.15, 0.2) is 5.82 Å². The second kappa shape index (κ2) is 14.3. The number of hydrazine groups is 1. The first-order chi connectivity index (χ1) is 20.6. The third kappa shape index (κ3) is 10.5. The second-order valence-electron chi connectivity index (χ2n) is 11.8. The van der Waals surface area contributed by atoms with Crippen molar-refractivity contribution in [3.8, 4) is 0 Å². The van der Waals surface area contributed by atoms with Crippen LogP contribution >= 0.6 is 0 Å². The van der Waals surface area contributed by atoms with Crippen LogP contribution in [0.25, 0.3) is 10.9 Å². The molecule has 12 nitrogen and oxygen atoms in total. The summed E-state index contributed by atoms with van der Waals surface area (Å²) in [5, 5.41) is 6.00. The number of pyridine rings is 1. The van der Waals surface area contributed by atoms with Crippen LogP contribution in [0.2, 0.25) is 0 Å². The molecule has 6 N–H and O–H groups in total. The topological polar surface area (TPSA) is 162 Å². The molecule has 0 aliphatic rings. The number of hydrogen-bond donors (Lipinski definition) is 5. The molecule has 0 unspecified atom stereocenters. The van der Waals surface area contributed by atoms with Crippen molar-refractivity contribution < 1.29 is 23.9 Å². The van der Waals surface area contributed by atoms with Crippen LogP contribution in [-0.2, 0) is 14.3 Å². The van der Waals surface area contributed by atoms with E-state index in [9.17, 15) is 14.4 Å². The molecule has 0 aliphatic carbocycles. The SMILES string of the molecule is CC(C)(C)OC(=O)NCC(=O)Nc1ccc(NNc2ccccc2)c(N)n1.Cc1cn(C(=O)OC(C)(C)C)c2ccccc12. The molecule has 2 aromatic carbocycles. The van der Waals surface area contributed by atoms with Crippen LogP contribution in [0.1, 0.15) is 47.1 Å². The Balaban J connectivity index is 0.000000266. The third-order valence-corrected chi connectivity index (χ3v) is 5.60. The number of alkyl carbamates (subject to hydrolysis) is 1. The molecule has 0 spiro atoms. The van der Waals surface area contributed by atoms with Crippen LogP contribution < -0.4 is 27.2 Å². The number of hydrogen-bond acceptors (Lipinski definition) is 9. The second-order valence-corrected chi connectivity index (χ2v) is 11.8. The van der Waals surface area contributed by atoms with Gasteiger partial charge in [0.05, 0.1) is 16.9 Å². The lowest BCUT2D eigenvalue weighted by molar-refractivity contribution is -0.115. The number of aryl methyl sites for hydroxylation is 1. The molecule has 12 heteroatoms. The van der Waals surface area contributed by atoms with E-state index < -0.39 is 23.2 Å². The van der Waals surface area contributed by atoms with Gasteiger partial charge in [-0.05, 0) is 84.4 Å². The van der Waals surface area contributed by atoms with E-state index in [1.807, 2.05) is 88.5 Å². The minimum atomic E-state index is -0.670. The highest BCUT2D eigenvalue weighted by molar-refractivity contribution is 5.93. The number of nitrogen functional groups attached to an aromatic ring is 1. The average Bonchev–Trinajstić information content (AvgIpc) is 3.27. The standard InChI is InChI=1S/C18H24N6O3.C14H17NO2/c1-18(2,3)27-17(26)20-11-15(25)21-14-10-9-13(16(19)22-14)24-23-12-7-5-4-6-8-12;1-10-9-15(13(16)17-14(2,3)4)12-8-6-5-7-11(10)12/h4-10,23-24H,11H2,1-3H3,(H,20,26)(H3,19,21,22,25);5-9H,1-4H3. The summed E-state index contributed by atoms with van der Waals surface area (Å²) in [4.78, 5) is 39.6. The van der Waals surface area contributed by atoms with Crippen LogP contribution in [-0.4, -0.2) is 45.4 Å². The smallest absolute Gasteiger partial charge is 0.418 e. The Hall–Kier alpha value is -5.26. The first-order valence-electron chi connectivity index (χ1n) is 14.0. The summed E-state index contributed by atoms with van der Waals surface area (Å²) in [7, 11) is 0. The minimum absolute atomic E-state index is 0.205. The number of nitrogens with zero attached hydrogens (tertiary/aromatic N) is 2. The largest absolute Gasteiger partial charge is 0.444 e. The van der Waals surface area contributed by atoms with Crippen molar-refractivity contribution in [3.63, 3.8) is 0 Å². The molecule has 0 bridgehead atoms. The number of aromatic nitrogens is 2. The van der Waals surface area contributed by atoms with Gasteiger partial charge in [0.1, 0.15) is 23.6 Å². The van der Waals surface area contributed by atoms with Crippen LogP contribution in [0.3, 0.4) is 0 Å². The van der Waals surface area contributed by atoms with Gasteiger partial charge in [-0.1, -0.05) is 36.4 Å². The fraction of sp³-hybridized carbons (Fsp3) is 0.312. The summed E-state index contributed by atoms with van der Waals surface area (Å²) in [6.07, 6.45) is 0.817. The molecule has 0 fully saturated rings. The van der Waals surface area contributed by atoms with Crippen molar-refractivity contribution in [1.29, 1.82) is 0 Å². The minimum Gasteiger partial charge on any atom is -0.444 e. The fourth-order valence-electron chi connectivity index (χ4n) is 3.78. The summed E-state index contributed by atoms with van der Waals surface area (Å²) in [5.74, 6) is 0.0287. The summed E-state index contributed by atoms with van der Waals surface area (Å²) in [6, 6.07) is 20.6. The van der Waals surface area contributed by atoms with Gasteiger partial charge in [0, 0.05) is 11.6 Å². The zero-order valence-electron chi connectivity index (χ0n) is 26.1. The lowest BCUT2D eigenvalue weighted by Gasteiger charge is -2.19. The van der Waals surface area contributed by atoms with Crippen molar-refractivity contribution >= 4 is 52.0 Å². The first-order valence-corrected chi connectivity index (χ1v) is 14.0. The molecule has 4 rings (SSSR count). The van der Waals surface area contributed by atoms with Gasteiger partial charge < -0.3 is 31.3 Å². The molecule has 0 atom stereocenters. The van der Waals surface area contributed by atoms with E-state index in [0.29, 0.717) is 5.69 Å². The molecular weight excluding hydrogens is 562 g/mol. The Morgan fingerprint density at radius 3 is 2.11 bits per heavy atom. The number of nitrogens with two attached hydrogens (primary N) is 1. The van der Waals surface area contributed by atoms with E-state index in [2.05, 4.69) is 26.5 Å². The van der Waals surface area contributed by atoms with Gasteiger partial charge in [-0.15, -0.1) is 0 Å². The van der Waals surface area contributed by atoms with E-state index in [0.717, 1.165) is 22.2 Å². The maximum Gasteiger partial charge on any atom is 0.418 e. The number of carbonyl (C=O) groups excluding carboxylic acids is 3. The zero-order chi connectivity index (χ0) is 32.5. The summed E-state index contributed by atoms with van der Waals surface area (Å²) < 4.78 is 12.0. The van der Waals surface area contributed by atoms with Gasteiger partial charge >= 0.3 is 12.2 Å². The summed E-state index contributed by atoms with van der Waals surface area (Å²) in [5.41, 5.74) is 14.1. The Labute approximate surface area is 257 Å². The number of fused-ring (bicyclic) bond motifs is 1. The number of benzene rings is 2. The number of carbonyl (C=O) groups is 3. The quantitative estimate of drug-likeness (QED) is 0.159. The number of nitrogens with one attached hydrogen (secondary N) is 4. The highest BCUT2D eigenvalue weighted by Crippen LogP contribution is 2.22. The van der Waals surface area contributed by atoms with E-state index in [-0.39, 0.29) is 24.3 Å². The number of amides is 2. The number of ether oxygens (including phenoxy) is 2. The van der Waals surface area contributed by atoms with Gasteiger partial charge in [-0.3, -0.25) is 14.8 Å². The van der Waals surface area contributed by atoms with Gasteiger partial charge in [0.2, 0.25) is 5.91 Å². The average molecular weight is 604 g/mol. The van der Waals surface area contributed by atoms with Gasteiger partial charge in [-0.2, -0.15) is 0 Å². The lowest BCUT2D eigenvalue weighted by atomic mass is 10.2. The molecule has 2 amide bonds. The van der Waals surface area contributed by atoms with E-state index in [1.165, 1.54) is 0 Å². The normalized spacial score (nSPS) is 11.1. The lowest BCUT2D eigenvalue weighted by Crippen LogP contribution is -2.37. The molecule has 0 aliphatic heterocycles. The van der Waals surface area contributed by atoms with Crippen LogP contribution in [0.15, 0.2) is 72.9 Å². The molecule has 0 radical (unpaired) electrons. The van der Waals surface area contributed by atoms with Crippen molar-refractivity contribution in [1.82, 2.24) is 14.9 Å². The Morgan fingerprint density at radius 2 is 1.48 bits per heavy atom. The number of rotatable bonds is 6. The van der Waals surface area contributed by atoms with E-state index in [4.69, 9.17) is 15.2 Å². The molecule has 4 aromatic rings. The Morgan fingerprint density at radius 1 is 0.841 bits per heavy atom. The van der Waals surface area contributed by atoms with Crippen molar-refractivity contribution in [2.75, 3.05) is 28.4 Å². The predicted octanol–water partition coefficient (Wildman–Crippen LogP) is 6.30. The molecule has 0 saturated carbocycles. The number of para-hydroxylation sites is 2. The van der Waals surface area contributed by atoms with E-state index >= 15 is 0 Å². The highest BCUT2D eigenvalue weighted by atomic mass is 16.6. The third-order valence-electron chi connectivity index (χ3n) is 5.60. The van der Waals surface area contributed by atoms with Gasteiger partial charge in [0.25, 0.3) is 0 Å². The van der Waals surface area contributed by atoms with E-state index in [1.54, 1.807) is 37.5 Å². The Kier molecular flexibility index (Phi) is 10.8. The zero-order valence-corrected chi connectivity index (χ0v) is 26.1. The molecule has 44 heavy (non-hydrogen) atoms. The Bertz CT molecular complexity index is 1590. The fourth-order valence-corrected chi connectivity index (χ4v) is 3.78. The summed E-state index contributed by atoms with van der Waals surface area (Å²) >= 11 is 0. The molecular formula is C32H41N7O5. The molecule has 234 valence electrons. The maximum absolute atomic E-state index is 12.0. The van der Waals surface area contributed by atoms with Crippen LogP contribution in [0.5, 0.6) is 0 Å². The molecule has 0 saturated heterocycles. The van der Waals surface area contributed by atoms with Gasteiger partial charge in [-0.25, -0.2) is 14.6 Å². The molecule has 2 heterocycles. The number of anilines is 4. The summed E-state index contributed by atoms with van der Waals surface area (Å²) in [6.45, 7) is 12.6. The van der Waals surface area contributed by atoms with Crippen LogP contribution in [0, 0.1) is 6.92 Å².